The summed E-state index contributed by atoms with van der Waals surface area (Å²) in [6.45, 7) is 10.8. The zero-order valence-corrected chi connectivity index (χ0v) is 20.5. The first-order valence-corrected chi connectivity index (χ1v) is 12.4. The molecule has 0 saturated heterocycles. The molecule has 2 aromatic carbocycles. The summed E-state index contributed by atoms with van der Waals surface area (Å²) in [5, 5.41) is 14.0. The van der Waals surface area contributed by atoms with Gasteiger partial charge in [-0.2, -0.15) is 4.37 Å². The summed E-state index contributed by atoms with van der Waals surface area (Å²) in [6.07, 6.45) is 2.33. The molecule has 1 aromatic heterocycles. The number of hydrogen-bond acceptors (Lipinski definition) is 6. The second-order valence-electron chi connectivity index (χ2n) is 9.63. The molecule has 0 unspecified atom stereocenters. The van der Waals surface area contributed by atoms with Crippen molar-refractivity contribution >= 4 is 34.0 Å². The highest BCUT2D eigenvalue weighted by molar-refractivity contribution is 7.09. The quantitative estimate of drug-likeness (QED) is 0.350. The van der Waals surface area contributed by atoms with Crippen LogP contribution in [0.15, 0.2) is 42.5 Å². The maximum Gasteiger partial charge on any atom is 0.336 e. The Labute approximate surface area is 199 Å². The van der Waals surface area contributed by atoms with E-state index < -0.39 is 5.97 Å². The molecule has 174 valence electrons. The standard InChI is InChI=1S/C26H32N4O2S/c1-16(2)14-30(15-17(3)4)23-12-11-19(20-7-5-6-8-21(20)25(31)32)13-22(23)27-26-28-24(29-33-26)18-9-10-18/h5-8,11-13,16-18H,9-10,14-15H2,1-4H3,(H,31,32)(H,27,28,29). The van der Waals surface area contributed by atoms with E-state index in [1.165, 1.54) is 24.4 Å². The van der Waals surface area contributed by atoms with E-state index in [-0.39, 0.29) is 0 Å². The van der Waals surface area contributed by atoms with Crippen LogP contribution in [0.2, 0.25) is 0 Å². The van der Waals surface area contributed by atoms with Crippen LogP contribution in [0.4, 0.5) is 16.5 Å². The second-order valence-corrected chi connectivity index (χ2v) is 10.4. The van der Waals surface area contributed by atoms with Crippen molar-refractivity contribution in [1.82, 2.24) is 9.36 Å². The Morgan fingerprint density at radius 1 is 1.12 bits per heavy atom. The van der Waals surface area contributed by atoms with Crippen LogP contribution in [-0.4, -0.2) is 33.5 Å². The van der Waals surface area contributed by atoms with Crippen molar-refractivity contribution < 1.29 is 9.90 Å². The molecule has 1 saturated carbocycles. The average molecular weight is 465 g/mol. The summed E-state index contributed by atoms with van der Waals surface area (Å²) in [6, 6.07) is 13.3. The average Bonchev–Trinajstić information content (AvgIpc) is 3.51. The lowest BCUT2D eigenvalue weighted by Crippen LogP contribution is -2.31. The van der Waals surface area contributed by atoms with Crippen LogP contribution in [0.1, 0.15) is 62.6 Å². The lowest BCUT2D eigenvalue weighted by atomic mass is 9.98. The summed E-state index contributed by atoms with van der Waals surface area (Å²) in [5.74, 6) is 1.52. The molecule has 0 atom stereocenters. The van der Waals surface area contributed by atoms with E-state index in [1.54, 1.807) is 12.1 Å². The summed E-state index contributed by atoms with van der Waals surface area (Å²) in [4.78, 5) is 19.0. The zero-order valence-electron chi connectivity index (χ0n) is 19.7. The fourth-order valence-corrected chi connectivity index (χ4v) is 4.72. The monoisotopic (exact) mass is 464 g/mol. The maximum absolute atomic E-state index is 11.8. The van der Waals surface area contributed by atoms with Crippen molar-refractivity contribution in [3.05, 3.63) is 53.9 Å². The molecule has 3 aromatic rings. The smallest absolute Gasteiger partial charge is 0.336 e. The number of nitrogens with one attached hydrogen (secondary N) is 1. The van der Waals surface area contributed by atoms with Crippen LogP contribution in [-0.2, 0) is 0 Å². The third-order valence-corrected chi connectivity index (χ3v) is 6.25. The minimum Gasteiger partial charge on any atom is -0.478 e. The maximum atomic E-state index is 11.8. The Morgan fingerprint density at radius 3 is 2.45 bits per heavy atom. The van der Waals surface area contributed by atoms with Gasteiger partial charge in [0.05, 0.1) is 16.9 Å². The van der Waals surface area contributed by atoms with E-state index in [0.29, 0.717) is 28.9 Å². The molecule has 2 N–H and O–H groups in total. The van der Waals surface area contributed by atoms with Gasteiger partial charge in [-0.3, -0.25) is 0 Å². The Kier molecular flexibility index (Phi) is 6.98. The van der Waals surface area contributed by atoms with Gasteiger partial charge in [0.15, 0.2) is 0 Å². The molecule has 7 heteroatoms. The topological polar surface area (TPSA) is 78.4 Å². The number of benzene rings is 2. The predicted octanol–water partition coefficient (Wildman–Crippen LogP) is 6.64. The molecule has 33 heavy (non-hydrogen) atoms. The summed E-state index contributed by atoms with van der Waals surface area (Å²) in [5.41, 5.74) is 3.88. The number of carboxylic acids is 1. The van der Waals surface area contributed by atoms with Gasteiger partial charge in [-0.25, -0.2) is 9.78 Å². The first-order chi connectivity index (χ1) is 15.8. The van der Waals surface area contributed by atoms with Gasteiger partial charge in [-0.15, -0.1) is 0 Å². The predicted molar refractivity (Wildman–Crippen MR) is 136 cm³/mol. The Balaban J connectivity index is 1.77. The molecule has 1 aliphatic carbocycles. The highest BCUT2D eigenvalue weighted by Gasteiger charge is 2.28. The van der Waals surface area contributed by atoms with Gasteiger partial charge in [0.1, 0.15) is 5.82 Å². The third kappa shape index (κ3) is 5.71. The molecular formula is C26H32N4O2S. The number of carbonyl (C=O) groups is 1. The van der Waals surface area contributed by atoms with Gasteiger partial charge < -0.3 is 15.3 Å². The van der Waals surface area contributed by atoms with Gasteiger partial charge in [-0.1, -0.05) is 52.0 Å². The first-order valence-electron chi connectivity index (χ1n) is 11.6. The molecule has 1 aliphatic rings. The molecule has 0 amide bonds. The number of aromatic carboxylic acids is 1. The largest absolute Gasteiger partial charge is 0.478 e. The second kappa shape index (κ2) is 9.91. The molecule has 1 heterocycles. The van der Waals surface area contributed by atoms with Crippen molar-refractivity contribution in [2.75, 3.05) is 23.3 Å². The molecule has 0 radical (unpaired) electrons. The summed E-state index contributed by atoms with van der Waals surface area (Å²) >= 11 is 1.39. The number of hydrogen-bond donors (Lipinski definition) is 2. The van der Waals surface area contributed by atoms with Crippen LogP contribution in [0.3, 0.4) is 0 Å². The van der Waals surface area contributed by atoms with Crippen LogP contribution >= 0.6 is 11.5 Å². The molecule has 1 fully saturated rings. The van der Waals surface area contributed by atoms with Crippen molar-refractivity contribution in [2.24, 2.45) is 11.8 Å². The van der Waals surface area contributed by atoms with E-state index in [4.69, 9.17) is 4.98 Å². The van der Waals surface area contributed by atoms with Crippen LogP contribution in [0, 0.1) is 11.8 Å². The van der Waals surface area contributed by atoms with E-state index in [2.05, 4.69) is 48.4 Å². The lowest BCUT2D eigenvalue weighted by molar-refractivity contribution is 0.0697. The van der Waals surface area contributed by atoms with E-state index in [0.717, 1.165) is 41.0 Å². The molecule has 4 rings (SSSR count). The fraction of sp³-hybridized carbons (Fsp3) is 0.423. The molecule has 0 bridgehead atoms. The van der Waals surface area contributed by atoms with E-state index in [9.17, 15) is 9.90 Å². The number of aromatic nitrogens is 2. The number of anilines is 3. The highest BCUT2D eigenvalue weighted by Crippen LogP contribution is 2.41. The van der Waals surface area contributed by atoms with Gasteiger partial charge in [0, 0.05) is 30.5 Å². The molecular weight excluding hydrogens is 432 g/mol. The normalized spacial score (nSPS) is 13.5. The van der Waals surface area contributed by atoms with Gasteiger partial charge in [0.2, 0.25) is 5.13 Å². The van der Waals surface area contributed by atoms with Crippen molar-refractivity contribution in [3.8, 4) is 11.1 Å². The van der Waals surface area contributed by atoms with Crippen molar-refractivity contribution in [1.29, 1.82) is 0 Å². The van der Waals surface area contributed by atoms with Crippen molar-refractivity contribution in [2.45, 2.75) is 46.5 Å². The minimum absolute atomic E-state index is 0.296. The lowest BCUT2D eigenvalue weighted by Gasteiger charge is -2.30. The molecule has 0 spiro atoms. The number of carboxylic acid groups (broad SMARTS) is 1. The zero-order chi connectivity index (χ0) is 23.5. The number of rotatable bonds is 10. The summed E-state index contributed by atoms with van der Waals surface area (Å²) in [7, 11) is 0. The Hall–Kier alpha value is -2.93. The number of nitrogens with zero attached hydrogens (tertiary/aromatic N) is 3. The molecule has 6 nitrogen and oxygen atoms in total. The Morgan fingerprint density at radius 2 is 1.82 bits per heavy atom. The molecule has 0 aliphatic heterocycles. The van der Waals surface area contributed by atoms with Gasteiger partial charge >= 0.3 is 5.97 Å². The van der Waals surface area contributed by atoms with Crippen LogP contribution < -0.4 is 10.2 Å². The minimum atomic E-state index is -0.927. The van der Waals surface area contributed by atoms with Crippen molar-refractivity contribution in [3.63, 3.8) is 0 Å². The van der Waals surface area contributed by atoms with E-state index in [1.807, 2.05) is 24.3 Å². The summed E-state index contributed by atoms with van der Waals surface area (Å²) < 4.78 is 4.54. The van der Waals surface area contributed by atoms with Gasteiger partial charge in [-0.05, 0) is 54.0 Å². The third-order valence-electron chi connectivity index (χ3n) is 5.60. The van der Waals surface area contributed by atoms with Crippen LogP contribution in [0.25, 0.3) is 11.1 Å². The van der Waals surface area contributed by atoms with Crippen LogP contribution in [0.5, 0.6) is 0 Å². The highest BCUT2D eigenvalue weighted by atomic mass is 32.1. The van der Waals surface area contributed by atoms with E-state index >= 15 is 0 Å². The fourth-order valence-electron chi connectivity index (χ4n) is 4.06. The SMILES string of the molecule is CC(C)CN(CC(C)C)c1ccc(-c2ccccc2C(=O)O)cc1Nc1nc(C2CC2)ns1. The van der Waals surface area contributed by atoms with Gasteiger partial charge in [0.25, 0.3) is 0 Å². The Bertz CT molecular complexity index is 1110. The first kappa shape index (κ1) is 23.2.